The van der Waals surface area contributed by atoms with Crippen LogP contribution in [0.5, 0.6) is 5.88 Å². The average molecular weight is 586 g/mol. The van der Waals surface area contributed by atoms with Gasteiger partial charge in [-0.3, -0.25) is 9.88 Å². The molecule has 1 aliphatic rings. The molecule has 1 aliphatic heterocycles. The second kappa shape index (κ2) is 9.89. The summed E-state index contributed by atoms with van der Waals surface area (Å²) in [5.41, 5.74) is -1.99. The van der Waals surface area contributed by atoms with Crippen molar-refractivity contribution in [1.29, 1.82) is 0 Å². The van der Waals surface area contributed by atoms with Gasteiger partial charge in [0.25, 0.3) is 0 Å². The quantitative estimate of drug-likeness (QED) is 0.286. The van der Waals surface area contributed by atoms with Gasteiger partial charge in [-0.2, -0.15) is 26.3 Å². The number of alkyl halides is 6. The first-order chi connectivity index (χ1) is 18.7. The zero-order chi connectivity index (χ0) is 29.0. The molecule has 5 rings (SSSR count). The molecule has 1 aromatic carbocycles. The summed E-state index contributed by atoms with van der Waals surface area (Å²) in [4.78, 5) is 16.6. The number of aromatic nitrogens is 4. The van der Waals surface area contributed by atoms with Gasteiger partial charge in [0, 0.05) is 42.3 Å². The van der Waals surface area contributed by atoms with Gasteiger partial charge in [-0.15, -0.1) is 0 Å². The molecule has 1 unspecified atom stereocenters. The van der Waals surface area contributed by atoms with Crippen molar-refractivity contribution in [3.05, 3.63) is 81.7 Å². The summed E-state index contributed by atoms with van der Waals surface area (Å²) in [6, 6.07) is 6.50. The van der Waals surface area contributed by atoms with Crippen molar-refractivity contribution in [2.45, 2.75) is 31.4 Å². The lowest BCUT2D eigenvalue weighted by molar-refractivity contribution is -0.210. The number of hydrogen-bond acceptors (Lipinski definition) is 6. The number of nitrogens with one attached hydrogen (secondary N) is 1. The zero-order valence-electron chi connectivity index (χ0n) is 21.0. The standard InChI is InChI=1S/C26H22ClF6N5O2/c1-13-34-9-21(36-13)24(39,15-4-6-20(35-8-15)26(31,32)33)14-3-5-19-17(7-14)22(27)18(23(37-19)40-2)12-38-10-16(11-38)25(28,29)30/h3-9,16,39H,10-12H2,1-2H3,(H,34,36). The molecule has 4 heterocycles. The highest BCUT2D eigenvalue weighted by Crippen LogP contribution is 2.42. The van der Waals surface area contributed by atoms with Gasteiger partial charge in [0.1, 0.15) is 11.5 Å². The van der Waals surface area contributed by atoms with Crippen LogP contribution < -0.4 is 4.74 Å². The predicted molar refractivity (Wildman–Crippen MR) is 133 cm³/mol. The van der Waals surface area contributed by atoms with Gasteiger partial charge in [0.2, 0.25) is 5.88 Å². The molecule has 3 aromatic heterocycles. The second-order valence-corrected chi connectivity index (χ2v) is 9.98. The van der Waals surface area contributed by atoms with Crippen molar-refractivity contribution in [1.82, 2.24) is 24.8 Å². The molecular weight excluding hydrogens is 564 g/mol. The molecule has 0 bridgehead atoms. The zero-order valence-corrected chi connectivity index (χ0v) is 21.8. The Morgan fingerprint density at radius 3 is 2.30 bits per heavy atom. The van der Waals surface area contributed by atoms with Crippen LogP contribution in [-0.4, -0.2) is 56.3 Å². The molecule has 1 atom stereocenters. The van der Waals surface area contributed by atoms with Crippen LogP contribution in [-0.2, 0) is 18.3 Å². The number of aromatic amines is 1. The number of imidazole rings is 1. The summed E-state index contributed by atoms with van der Waals surface area (Å²) in [5.74, 6) is -0.831. The number of H-pyrrole nitrogens is 1. The highest BCUT2D eigenvalue weighted by molar-refractivity contribution is 6.36. The largest absolute Gasteiger partial charge is 0.481 e. The number of ether oxygens (including phenoxy) is 1. The summed E-state index contributed by atoms with van der Waals surface area (Å²) < 4.78 is 83.8. The van der Waals surface area contributed by atoms with Gasteiger partial charge in [0.05, 0.1) is 35.5 Å². The normalized spacial score (nSPS) is 16.6. The monoisotopic (exact) mass is 585 g/mol. The molecular formula is C26H22ClF6N5O2. The number of aliphatic hydroxyl groups is 1. The maximum atomic E-state index is 13.2. The van der Waals surface area contributed by atoms with Crippen LogP contribution in [0.4, 0.5) is 26.3 Å². The Balaban J connectivity index is 1.60. The van der Waals surface area contributed by atoms with E-state index in [1.165, 1.54) is 25.4 Å². The van der Waals surface area contributed by atoms with Gasteiger partial charge in [-0.05, 0) is 30.7 Å². The van der Waals surface area contributed by atoms with E-state index in [1.807, 2.05) is 0 Å². The molecule has 212 valence electrons. The SMILES string of the molecule is COc1nc2ccc(C(O)(c3ccc(C(F)(F)F)nc3)c3cnc(C)[nH]3)cc2c(Cl)c1CN1CC(C(F)(F)F)C1. The summed E-state index contributed by atoms with van der Waals surface area (Å²) in [7, 11) is 1.37. The Kier molecular flexibility index (Phi) is 6.95. The Morgan fingerprint density at radius 1 is 1.05 bits per heavy atom. The van der Waals surface area contributed by atoms with E-state index >= 15 is 0 Å². The van der Waals surface area contributed by atoms with E-state index in [4.69, 9.17) is 16.3 Å². The maximum absolute atomic E-state index is 13.2. The average Bonchev–Trinajstić information content (AvgIpc) is 3.31. The number of aryl methyl sites for hydroxylation is 1. The van der Waals surface area contributed by atoms with E-state index in [0.717, 1.165) is 18.3 Å². The highest BCUT2D eigenvalue weighted by Gasteiger charge is 2.47. The fourth-order valence-electron chi connectivity index (χ4n) is 4.76. The molecule has 0 spiro atoms. The van der Waals surface area contributed by atoms with Crippen LogP contribution in [0.15, 0.2) is 42.7 Å². The first kappa shape index (κ1) is 28.1. The van der Waals surface area contributed by atoms with E-state index in [0.29, 0.717) is 22.3 Å². The van der Waals surface area contributed by atoms with Crippen molar-refractivity contribution in [3.8, 4) is 5.88 Å². The Bertz CT molecular complexity index is 1550. The van der Waals surface area contributed by atoms with E-state index < -0.39 is 29.6 Å². The number of fused-ring (bicyclic) bond motifs is 1. The number of methoxy groups -OCH3 is 1. The van der Waals surface area contributed by atoms with Gasteiger partial charge in [-0.1, -0.05) is 23.7 Å². The number of pyridine rings is 2. The molecule has 0 amide bonds. The van der Waals surface area contributed by atoms with Crippen molar-refractivity contribution in [2.75, 3.05) is 20.2 Å². The van der Waals surface area contributed by atoms with Crippen LogP contribution in [0.3, 0.4) is 0 Å². The fourth-order valence-corrected chi connectivity index (χ4v) is 5.05. The van der Waals surface area contributed by atoms with Gasteiger partial charge in [0.15, 0.2) is 5.60 Å². The summed E-state index contributed by atoms with van der Waals surface area (Å²) in [6.07, 6.45) is -6.67. The van der Waals surface area contributed by atoms with Crippen molar-refractivity contribution < 1.29 is 36.2 Å². The van der Waals surface area contributed by atoms with E-state index in [9.17, 15) is 31.4 Å². The van der Waals surface area contributed by atoms with Crippen LogP contribution >= 0.6 is 11.6 Å². The smallest absolute Gasteiger partial charge is 0.433 e. The Labute approximate surface area is 228 Å². The molecule has 0 aliphatic carbocycles. The van der Waals surface area contributed by atoms with Crippen molar-refractivity contribution >= 4 is 22.5 Å². The van der Waals surface area contributed by atoms with Crippen LogP contribution in [0.2, 0.25) is 5.02 Å². The highest BCUT2D eigenvalue weighted by atomic mass is 35.5. The van der Waals surface area contributed by atoms with Gasteiger partial charge < -0.3 is 14.8 Å². The molecule has 7 nitrogen and oxygen atoms in total. The molecule has 14 heteroatoms. The van der Waals surface area contributed by atoms with Crippen molar-refractivity contribution in [3.63, 3.8) is 0 Å². The van der Waals surface area contributed by atoms with Gasteiger partial charge >= 0.3 is 12.4 Å². The van der Waals surface area contributed by atoms with Crippen LogP contribution in [0.1, 0.15) is 33.9 Å². The topological polar surface area (TPSA) is 87.2 Å². The first-order valence-corrected chi connectivity index (χ1v) is 12.3. The molecule has 0 saturated carbocycles. The molecule has 4 aromatic rings. The first-order valence-electron chi connectivity index (χ1n) is 12.0. The number of likely N-dealkylation sites (tertiary alicyclic amines) is 1. The molecule has 1 fully saturated rings. The number of hydrogen-bond donors (Lipinski definition) is 2. The van der Waals surface area contributed by atoms with Crippen LogP contribution in [0, 0.1) is 12.8 Å². The maximum Gasteiger partial charge on any atom is 0.433 e. The molecule has 40 heavy (non-hydrogen) atoms. The lowest BCUT2D eigenvalue weighted by atomic mass is 9.84. The minimum atomic E-state index is -4.67. The Hall–Kier alpha value is -3.42. The summed E-state index contributed by atoms with van der Waals surface area (Å²) in [6.45, 7) is 1.31. The second-order valence-electron chi connectivity index (χ2n) is 9.60. The lowest BCUT2D eigenvalue weighted by Crippen LogP contribution is -2.52. The summed E-state index contributed by atoms with van der Waals surface area (Å²) >= 11 is 6.76. The summed E-state index contributed by atoms with van der Waals surface area (Å²) in [5, 5.41) is 12.6. The fraction of sp³-hybridized carbons (Fsp3) is 0.346. The van der Waals surface area contributed by atoms with E-state index in [1.54, 1.807) is 17.9 Å². The third-order valence-corrected chi connectivity index (χ3v) is 7.39. The number of nitrogens with zero attached hydrogens (tertiary/aromatic N) is 4. The van der Waals surface area contributed by atoms with E-state index in [2.05, 4.69) is 19.9 Å². The van der Waals surface area contributed by atoms with Gasteiger partial charge in [-0.25, -0.2) is 9.97 Å². The lowest BCUT2D eigenvalue weighted by Gasteiger charge is -2.40. The van der Waals surface area contributed by atoms with E-state index in [-0.39, 0.29) is 47.4 Å². The minimum absolute atomic E-state index is 0.0279. The number of rotatable bonds is 6. The number of halogens is 7. The van der Waals surface area contributed by atoms with Crippen molar-refractivity contribution in [2.24, 2.45) is 5.92 Å². The predicted octanol–water partition coefficient (Wildman–Crippen LogP) is 5.62. The molecule has 0 radical (unpaired) electrons. The Morgan fingerprint density at radius 2 is 1.75 bits per heavy atom. The molecule has 2 N–H and O–H groups in total. The molecule has 1 saturated heterocycles. The van der Waals surface area contributed by atoms with Crippen LogP contribution in [0.25, 0.3) is 10.9 Å². The minimum Gasteiger partial charge on any atom is -0.481 e. The third-order valence-electron chi connectivity index (χ3n) is 6.96. The third kappa shape index (κ3) is 4.97. The number of benzene rings is 1.